The maximum Gasteiger partial charge on any atom is 0.326 e. The van der Waals surface area contributed by atoms with Crippen LogP contribution in [0.3, 0.4) is 0 Å². The van der Waals surface area contributed by atoms with Gasteiger partial charge in [-0.1, -0.05) is 12.8 Å². The second-order valence-corrected chi connectivity index (χ2v) is 5.56. The maximum atomic E-state index is 11.8. The number of aliphatic carboxylic acids is 1. The monoisotopic (exact) mass is 287 g/mol. The molecule has 0 aliphatic heterocycles. The average molecular weight is 287 g/mol. The first-order valence-electron chi connectivity index (χ1n) is 6.97. The number of aliphatic hydroxyl groups excluding tert-OH is 1. The summed E-state index contributed by atoms with van der Waals surface area (Å²) in [6.07, 6.45) is 4.34. The molecular formula is C13H25N3O4. The number of nitrogens with one attached hydrogen (secondary N) is 2. The Morgan fingerprint density at radius 3 is 2.35 bits per heavy atom. The number of rotatable bonds is 7. The largest absolute Gasteiger partial charge is 0.480 e. The predicted octanol–water partition coefficient (Wildman–Crippen LogP) is -0.00440. The summed E-state index contributed by atoms with van der Waals surface area (Å²) in [5.41, 5.74) is -0.0347. The van der Waals surface area contributed by atoms with Crippen LogP contribution in [0.5, 0.6) is 0 Å². The van der Waals surface area contributed by atoms with Gasteiger partial charge in [-0.3, -0.25) is 0 Å². The summed E-state index contributed by atoms with van der Waals surface area (Å²) in [5, 5.41) is 22.8. The number of amides is 2. The minimum Gasteiger partial charge on any atom is -0.480 e. The summed E-state index contributed by atoms with van der Waals surface area (Å²) in [5.74, 6) is -1.14. The molecule has 4 N–H and O–H groups in total. The highest BCUT2D eigenvalue weighted by molar-refractivity contribution is 5.82. The van der Waals surface area contributed by atoms with Gasteiger partial charge in [0.05, 0.1) is 0 Å². The summed E-state index contributed by atoms with van der Waals surface area (Å²) in [7, 11) is 3.99. The molecule has 1 aliphatic carbocycles. The van der Waals surface area contributed by atoms with Crippen molar-refractivity contribution < 1.29 is 19.8 Å². The Bertz CT molecular complexity index is 341. The number of likely N-dealkylation sites (N-methyl/N-ethyl adjacent to an activating group) is 1. The third-order valence-corrected chi connectivity index (χ3v) is 4.08. The van der Waals surface area contributed by atoms with Crippen LogP contribution in [0.15, 0.2) is 0 Å². The van der Waals surface area contributed by atoms with Gasteiger partial charge in [-0.05, 0) is 26.9 Å². The fourth-order valence-electron chi connectivity index (χ4n) is 2.66. The SMILES string of the molecule is CN(C)C1(CNC(=O)NC(CCO)C(=O)O)CCCC1. The van der Waals surface area contributed by atoms with Crippen molar-refractivity contribution in [2.24, 2.45) is 0 Å². The molecular weight excluding hydrogens is 262 g/mol. The van der Waals surface area contributed by atoms with E-state index in [0.29, 0.717) is 6.54 Å². The zero-order chi connectivity index (χ0) is 15.2. The van der Waals surface area contributed by atoms with Gasteiger partial charge in [-0.15, -0.1) is 0 Å². The van der Waals surface area contributed by atoms with Crippen molar-refractivity contribution in [3.05, 3.63) is 0 Å². The number of carboxylic acid groups (broad SMARTS) is 1. The summed E-state index contributed by atoms with van der Waals surface area (Å²) < 4.78 is 0. The van der Waals surface area contributed by atoms with E-state index in [4.69, 9.17) is 10.2 Å². The third-order valence-electron chi connectivity index (χ3n) is 4.08. The normalized spacial score (nSPS) is 18.8. The molecule has 0 spiro atoms. The maximum absolute atomic E-state index is 11.8. The Morgan fingerprint density at radius 2 is 1.90 bits per heavy atom. The minimum absolute atomic E-state index is 0.00156. The molecule has 0 bridgehead atoms. The second-order valence-electron chi connectivity index (χ2n) is 5.56. The highest BCUT2D eigenvalue weighted by atomic mass is 16.4. The first-order chi connectivity index (χ1) is 9.41. The molecule has 2 amide bonds. The van der Waals surface area contributed by atoms with Crippen molar-refractivity contribution in [3.63, 3.8) is 0 Å². The molecule has 0 heterocycles. The quantitative estimate of drug-likeness (QED) is 0.528. The lowest BCUT2D eigenvalue weighted by Gasteiger charge is -2.36. The van der Waals surface area contributed by atoms with Gasteiger partial charge in [0.1, 0.15) is 6.04 Å². The van der Waals surface area contributed by atoms with E-state index in [2.05, 4.69) is 15.5 Å². The van der Waals surface area contributed by atoms with Crippen LogP contribution >= 0.6 is 0 Å². The minimum atomic E-state index is -1.14. The van der Waals surface area contributed by atoms with E-state index >= 15 is 0 Å². The molecule has 1 aliphatic rings. The molecule has 0 aromatic heterocycles. The fourth-order valence-corrected chi connectivity index (χ4v) is 2.66. The van der Waals surface area contributed by atoms with E-state index in [0.717, 1.165) is 25.7 Å². The number of carboxylic acids is 1. The lowest BCUT2D eigenvalue weighted by atomic mass is 9.96. The Hall–Kier alpha value is -1.34. The second kappa shape index (κ2) is 7.44. The van der Waals surface area contributed by atoms with Crippen LogP contribution in [-0.4, -0.2) is 65.9 Å². The molecule has 7 nitrogen and oxygen atoms in total. The van der Waals surface area contributed by atoms with Gasteiger partial charge in [-0.2, -0.15) is 0 Å². The molecule has 1 atom stereocenters. The summed E-state index contributed by atoms with van der Waals surface area (Å²) >= 11 is 0. The molecule has 1 unspecified atom stereocenters. The summed E-state index contributed by atoms with van der Waals surface area (Å²) in [6, 6.07) is -1.56. The number of hydrogen-bond acceptors (Lipinski definition) is 4. The first kappa shape index (κ1) is 16.7. The van der Waals surface area contributed by atoms with Crippen molar-refractivity contribution in [1.82, 2.24) is 15.5 Å². The van der Waals surface area contributed by atoms with E-state index in [1.54, 1.807) is 0 Å². The van der Waals surface area contributed by atoms with Crippen molar-refractivity contribution >= 4 is 12.0 Å². The smallest absolute Gasteiger partial charge is 0.326 e. The van der Waals surface area contributed by atoms with E-state index in [-0.39, 0.29) is 18.6 Å². The number of hydrogen-bond donors (Lipinski definition) is 4. The lowest BCUT2D eigenvalue weighted by Crippen LogP contribution is -2.54. The number of carbonyl (C=O) groups excluding carboxylic acids is 1. The number of urea groups is 1. The van der Waals surface area contributed by atoms with Crippen LogP contribution < -0.4 is 10.6 Å². The standard InChI is InChI=1S/C13H25N3O4/c1-16(2)13(6-3-4-7-13)9-14-12(20)15-10(5-8-17)11(18)19/h10,17H,3-9H2,1-2H3,(H,18,19)(H2,14,15,20). The van der Waals surface area contributed by atoms with Crippen molar-refractivity contribution in [2.45, 2.75) is 43.7 Å². The molecule has 0 saturated heterocycles. The number of aliphatic hydroxyl groups is 1. The molecule has 0 aromatic rings. The van der Waals surface area contributed by atoms with Crippen LogP contribution in [0.25, 0.3) is 0 Å². The highest BCUT2D eigenvalue weighted by Gasteiger charge is 2.36. The fraction of sp³-hybridized carbons (Fsp3) is 0.846. The van der Waals surface area contributed by atoms with Crippen molar-refractivity contribution in [2.75, 3.05) is 27.2 Å². The van der Waals surface area contributed by atoms with Gasteiger partial charge in [-0.25, -0.2) is 9.59 Å². The predicted molar refractivity (Wildman–Crippen MR) is 74.5 cm³/mol. The van der Waals surface area contributed by atoms with E-state index in [9.17, 15) is 9.59 Å². The Labute approximate surface area is 119 Å². The molecule has 0 aromatic carbocycles. The lowest BCUT2D eigenvalue weighted by molar-refractivity contribution is -0.139. The van der Waals surface area contributed by atoms with Crippen LogP contribution in [-0.2, 0) is 4.79 Å². The van der Waals surface area contributed by atoms with Crippen LogP contribution in [0.2, 0.25) is 0 Å². The molecule has 1 saturated carbocycles. The van der Waals surface area contributed by atoms with Gasteiger partial charge in [0.2, 0.25) is 0 Å². The summed E-state index contributed by atoms with van der Waals surface area (Å²) in [6.45, 7) is 0.218. The first-order valence-corrected chi connectivity index (χ1v) is 6.97. The zero-order valence-electron chi connectivity index (χ0n) is 12.2. The molecule has 7 heteroatoms. The van der Waals surface area contributed by atoms with Crippen molar-refractivity contribution in [3.8, 4) is 0 Å². The molecule has 0 radical (unpaired) electrons. The third kappa shape index (κ3) is 4.35. The van der Waals surface area contributed by atoms with Crippen LogP contribution in [0, 0.1) is 0 Å². The Balaban J connectivity index is 2.47. The van der Waals surface area contributed by atoms with E-state index in [1.807, 2.05) is 14.1 Å². The molecule has 1 rings (SSSR count). The van der Waals surface area contributed by atoms with Crippen molar-refractivity contribution in [1.29, 1.82) is 0 Å². The zero-order valence-corrected chi connectivity index (χ0v) is 12.2. The molecule has 1 fully saturated rings. The number of nitrogens with zero attached hydrogens (tertiary/aromatic N) is 1. The average Bonchev–Trinajstić information content (AvgIpc) is 2.86. The van der Waals surface area contributed by atoms with Gasteiger partial charge in [0.15, 0.2) is 0 Å². The molecule has 116 valence electrons. The van der Waals surface area contributed by atoms with Crippen LogP contribution in [0.1, 0.15) is 32.1 Å². The van der Waals surface area contributed by atoms with Gasteiger partial charge in [0, 0.05) is 25.1 Å². The van der Waals surface area contributed by atoms with Gasteiger partial charge in [0.25, 0.3) is 0 Å². The van der Waals surface area contributed by atoms with E-state index < -0.39 is 18.0 Å². The molecule has 20 heavy (non-hydrogen) atoms. The van der Waals surface area contributed by atoms with Crippen LogP contribution in [0.4, 0.5) is 4.79 Å². The summed E-state index contributed by atoms with van der Waals surface area (Å²) in [4.78, 5) is 24.8. The van der Waals surface area contributed by atoms with E-state index in [1.165, 1.54) is 0 Å². The Kier molecular flexibility index (Phi) is 6.22. The van der Waals surface area contributed by atoms with Gasteiger partial charge >= 0.3 is 12.0 Å². The van der Waals surface area contributed by atoms with Gasteiger partial charge < -0.3 is 25.7 Å². The number of carbonyl (C=O) groups is 2. The topological polar surface area (TPSA) is 102 Å². The Morgan fingerprint density at radius 1 is 1.30 bits per heavy atom. The highest BCUT2D eigenvalue weighted by Crippen LogP contribution is 2.32.